The van der Waals surface area contributed by atoms with Crippen molar-refractivity contribution in [2.45, 2.75) is 39.7 Å². The first-order valence-corrected chi connectivity index (χ1v) is 9.74. The first-order valence-electron chi connectivity index (χ1n) is 9.74. The lowest BCUT2D eigenvalue weighted by Gasteiger charge is -2.18. The van der Waals surface area contributed by atoms with Crippen molar-refractivity contribution in [3.05, 3.63) is 64.7 Å². The first kappa shape index (κ1) is 19.1. The van der Waals surface area contributed by atoms with E-state index in [1.165, 1.54) is 0 Å². The molecule has 0 aliphatic carbocycles. The summed E-state index contributed by atoms with van der Waals surface area (Å²) in [6, 6.07) is 15.3. The summed E-state index contributed by atoms with van der Waals surface area (Å²) in [6.07, 6.45) is 2.30. The second kappa shape index (κ2) is 8.82. The second-order valence-electron chi connectivity index (χ2n) is 6.72. The predicted octanol–water partition coefficient (Wildman–Crippen LogP) is 3.21. The van der Waals surface area contributed by atoms with Gasteiger partial charge in [0.15, 0.2) is 5.82 Å². The highest BCUT2D eigenvalue weighted by Crippen LogP contribution is 2.19. The van der Waals surface area contributed by atoms with Crippen LogP contribution in [0.2, 0.25) is 0 Å². The molecule has 142 valence electrons. The van der Waals surface area contributed by atoms with E-state index in [0.717, 1.165) is 42.2 Å². The molecule has 0 unspecified atom stereocenters. The molecule has 0 spiro atoms. The van der Waals surface area contributed by atoms with Gasteiger partial charge in [0.1, 0.15) is 11.8 Å². The normalized spacial score (nSPS) is 12.3. The monoisotopic (exact) mass is 366 g/mol. The van der Waals surface area contributed by atoms with Crippen LogP contribution in [0.3, 0.4) is 0 Å². The van der Waals surface area contributed by atoms with Crippen molar-refractivity contribution in [2.24, 2.45) is 0 Å². The SMILES string of the molecule is CCCC[NH2+][C@H](C)c1nc2ccccc2c(=O)n1-c1ccc(OCC)cc1. The summed E-state index contributed by atoms with van der Waals surface area (Å²) in [6.45, 7) is 7.88. The molecule has 1 aromatic heterocycles. The van der Waals surface area contributed by atoms with E-state index in [1.807, 2.05) is 55.5 Å². The van der Waals surface area contributed by atoms with Gasteiger partial charge >= 0.3 is 0 Å². The van der Waals surface area contributed by atoms with Crippen LogP contribution in [0.25, 0.3) is 16.6 Å². The van der Waals surface area contributed by atoms with E-state index in [9.17, 15) is 4.79 Å². The molecule has 0 aliphatic heterocycles. The number of hydrogen-bond donors (Lipinski definition) is 1. The second-order valence-corrected chi connectivity index (χ2v) is 6.72. The zero-order chi connectivity index (χ0) is 19.2. The summed E-state index contributed by atoms with van der Waals surface area (Å²) in [5.74, 6) is 1.58. The van der Waals surface area contributed by atoms with Gasteiger partial charge in [0.05, 0.1) is 29.7 Å². The Labute approximate surface area is 160 Å². The summed E-state index contributed by atoms with van der Waals surface area (Å²) in [5.41, 5.74) is 1.53. The maximum atomic E-state index is 13.3. The van der Waals surface area contributed by atoms with Gasteiger partial charge in [-0.2, -0.15) is 0 Å². The summed E-state index contributed by atoms with van der Waals surface area (Å²) in [5, 5.41) is 2.89. The van der Waals surface area contributed by atoms with Crippen molar-refractivity contribution >= 4 is 10.9 Å². The molecule has 27 heavy (non-hydrogen) atoms. The number of rotatable bonds is 8. The van der Waals surface area contributed by atoms with Crippen LogP contribution in [-0.2, 0) is 0 Å². The van der Waals surface area contributed by atoms with E-state index in [-0.39, 0.29) is 11.6 Å². The van der Waals surface area contributed by atoms with E-state index < -0.39 is 0 Å². The molecule has 0 saturated carbocycles. The lowest BCUT2D eigenvalue weighted by atomic mass is 10.2. The van der Waals surface area contributed by atoms with Crippen LogP contribution in [0.15, 0.2) is 53.3 Å². The highest BCUT2D eigenvalue weighted by molar-refractivity contribution is 5.77. The van der Waals surface area contributed by atoms with Crippen LogP contribution < -0.4 is 15.6 Å². The number of quaternary nitrogens is 1. The smallest absolute Gasteiger partial charge is 0.266 e. The molecule has 0 aliphatic rings. The van der Waals surface area contributed by atoms with Crippen molar-refractivity contribution in [3.63, 3.8) is 0 Å². The number of unbranched alkanes of at least 4 members (excludes halogenated alkanes) is 1. The highest BCUT2D eigenvalue weighted by Gasteiger charge is 2.19. The van der Waals surface area contributed by atoms with Crippen LogP contribution in [0.1, 0.15) is 45.5 Å². The minimum atomic E-state index is -0.0319. The number of benzene rings is 2. The van der Waals surface area contributed by atoms with Crippen LogP contribution >= 0.6 is 0 Å². The predicted molar refractivity (Wildman–Crippen MR) is 109 cm³/mol. The third kappa shape index (κ3) is 4.19. The molecule has 0 saturated heterocycles. The van der Waals surface area contributed by atoms with Gasteiger partial charge in [0.2, 0.25) is 0 Å². The molecular formula is C22H28N3O2+. The van der Waals surface area contributed by atoms with Gasteiger partial charge in [-0.1, -0.05) is 25.5 Å². The maximum absolute atomic E-state index is 13.3. The highest BCUT2D eigenvalue weighted by atomic mass is 16.5. The van der Waals surface area contributed by atoms with Crippen LogP contribution in [0.4, 0.5) is 0 Å². The largest absolute Gasteiger partial charge is 0.494 e. The quantitative estimate of drug-likeness (QED) is 0.623. The van der Waals surface area contributed by atoms with Gasteiger partial charge < -0.3 is 10.1 Å². The maximum Gasteiger partial charge on any atom is 0.266 e. The molecule has 5 heteroatoms. The zero-order valence-corrected chi connectivity index (χ0v) is 16.3. The molecule has 2 aromatic carbocycles. The standard InChI is InChI=1S/C22H27N3O2/c1-4-6-15-23-16(3)21-24-20-10-8-7-9-19(20)22(26)25(21)17-11-13-18(14-12-17)27-5-2/h7-14,16,23H,4-6,15H2,1-3H3/p+1/t16-/m1/s1. The lowest BCUT2D eigenvalue weighted by Crippen LogP contribution is -2.85. The fourth-order valence-electron chi connectivity index (χ4n) is 3.24. The molecule has 2 N–H and O–H groups in total. The van der Waals surface area contributed by atoms with Crippen LogP contribution in [-0.4, -0.2) is 22.7 Å². The van der Waals surface area contributed by atoms with Crippen molar-refractivity contribution in [3.8, 4) is 11.4 Å². The van der Waals surface area contributed by atoms with Crippen molar-refractivity contribution in [1.29, 1.82) is 0 Å². The molecule has 1 heterocycles. The fourth-order valence-corrected chi connectivity index (χ4v) is 3.24. The van der Waals surface area contributed by atoms with Crippen molar-refractivity contribution in [2.75, 3.05) is 13.2 Å². The molecule has 0 radical (unpaired) electrons. The number of aromatic nitrogens is 2. The molecule has 5 nitrogen and oxygen atoms in total. The topological polar surface area (TPSA) is 60.7 Å². The molecular weight excluding hydrogens is 338 g/mol. The summed E-state index contributed by atoms with van der Waals surface area (Å²) in [7, 11) is 0. The number of hydrogen-bond acceptors (Lipinski definition) is 3. The van der Waals surface area contributed by atoms with Crippen LogP contribution in [0.5, 0.6) is 5.75 Å². The van der Waals surface area contributed by atoms with E-state index in [2.05, 4.69) is 19.2 Å². The van der Waals surface area contributed by atoms with E-state index in [0.29, 0.717) is 12.0 Å². The zero-order valence-electron chi connectivity index (χ0n) is 16.3. The Bertz CT molecular complexity index is 948. The molecule has 3 aromatic rings. The Morgan fingerprint density at radius 2 is 1.85 bits per heavy atom. The van der Waals surface area contributed by atoms with E-state index in [1.54, 1.807) is 4.57 Å². The molecule has 3 rings (SSSR count). The van der Waals surface area contributed by atoms with Gasteiger partial charge in [0, 0.05) is 0 Å². The number of nitrogens with zero attached hydrogens (tertiary/aromatic N) is 2. The van der Waals surface area contributed by atoms with Crippen LogP contribution in [0, 0.1) is 0 Å². The molecule has 0 fully saturated rings. The first-order chi connectivity index (χ1) is 13.2. The molecule has 0 bridgehead atoms. The number of fused-ring (bicyclic) bond motifs is 1. The number of ether oxygens (including phenoxy) is 1. The third-order valence-corrected chi connectivity index (χ3v) is 4.69. The van der Waals surface area contributed by atoms with Gasteiger partial charge in [-0.05, 0) is 56.7 Å². The minimum Gasteiger partial charge on any atom is -0.494 e. The Morgan fingerprint density at radius 3 is 2.56 bits per heavy atom. The van der Waals surface area contributed by atoms with Crippen molar-refractivity contribution in [1.82, 2.24) is 9.55 Å². The van der Waals surface area contributed by atoms with E-state index in [4.69, 9.17) is 9.72 Å². The van der Waals surface area contributed by atoms with E-state index >= 15 is 0 Å². The van der Waals surface area contributed by atoms with Gasteiger partial charge in [-0.25, -0.2) is 4.98 Å². The average molecular weight is 366 g/mol. The van der Waals surface area contributed by atoms with Crippen molar-refractivity contribution < 1.29 is 10.1 Å². The summed E-state index contributed by atoms with van der Waals surface area (Å²) < 4.78 is 7.27. The Morgan fingerprint density at radius 1 is 1.11 bits per heavy atom. The lowest BCUT2D eigenvalue weighted by molar-refractivity contribution is -0.694. The Balaban J connectivity index is 2.11. The summed E-state index contributed by atoms with van der Waals surface area (Å²) in [4.78, 5) is 18.1. The Kier molecular flexibility index (Phi) is 6.24. The third-order valence-electron chi connectivity index (χ3n) is 4.69. The molecule has 1 atom stereocenters. The molecule has 0 amide bonds. The van der Waals surface area contributed by atoms with Gasteiger partial charge in [-0.3, -0.25) is 9.36 Å². The Hall–Kier alpha value is -2.66. The summed E-state index contributed by atoms with van der Waals surface area (Å²) >= 11 is 0. The minimum absolute atomic E-state index is 0.0319. The number of para-hydroxylation sites is 1. The fraction of sp³-hybridized carbons (Fsp3) is 0.364. The van der Waals surface area contributed by atoms with Gasteiger partial charge in [-0.15, -0.1) is 0 Å². The van der Waals surface area contributed by atoms with Gasteiger partial charge in [0.25, 0.3) is 5.56 Å². The average Bonchev–Trinajstić information content (AvgIpc) is 2.69. The number of nitrogens with two attached hydrogens (primary N) is 1.